The first kappa shape index (κ1) is 10.3. The van der Waals surface area contributed by atoms with Gasteiger partial charge in [0, 0.05) is 10.6 Å². The van der Waals surface area contributed by atoms with Gasteiger partial charge >= 0.3 is 0 Å². The van der Waals surface area contributed by atoms with E-state index < -0.39 is 6.10 Å². The maximum Gasteiger partial charge on any atom is 0.107 e. The Kier molecular flexibility index (Phi) is 2.80. The molecular weight excluding hydrogens is 212 g/mol. The van der Waals surface area contributed by atoms with E-state index in [0.29, 0.717) is 5.02 Å². The van der Waals surface area contributed by atoms with Crippen LogP contribution < -0.4 is 0 Å². The van der Waals surface area contributed by atoms with E-state index in [1.165, 1.54) is 6.26 Å². The smallest absolute Gasteiger partial charge is 0.107 e. The van der Waals surface area contributed by atoms with Crippen LogP contribution in [0.5, 0.6) is 0 Å². The molecule has 1 aromatic carbocycles. The molecule has 78 valence electrons. The van der Waals surface area contributed by atoms with Gasteiger partial charge in [-0.3, -0.25) is 0 Å². The van der Waals surface area contributed by atoms with Crippen LogP contribution in [0.15, 0.2) is 41.2 Å². The van der Waals surface area contributed by atoms with Crippen LogP contribution in [0.3, 0.4) is 0 Å². The molecule has 0 radical (unpaired) electrons. The van der Waals surface area contributed by atoms with Gasteiger partial charge < -0.3 is 9.52 Å². The molecule has 1 atom stereocenters. The van der Waals surface area contributed by atoms with Crippen molar-refractivity contribution in [1.29, 1.82) is 0 Å². The van der Waals surface area contributed by atoms with Crippen molar-refractivity contribution in [3.8, 4) is 0 Å². The van der Waals surface area contributed by atoms with E-state index in [0.717, 1.165) is 16.7 Å². The second-order valence-electron chi connectivity index (χ2n) is 3.41. The van der Waals surface area contributed by atoms with Gasteiger partial charge in [-0.25, -0.2) is 0 Å². The van der Waals surface area contributed by atoms with Gasteiger partial charge in [0.2, 0.25) is 0 Å². The van der Waals surface area contributed by atoms with Gasteiger partial charge in [-0.15, -0.1) is 0 Å². The summed E-state index contributed by atoms with van der Waals surface area (Å²) in [6, 6.07) is 7.24. The maximum absolute atomic E-state index is 10.1. The second-order valence-corrected chi connectivity index (χ2v) is 3.82. The van der Waals surface area contributed by atoms with Gasteiger partial charge in [0.25, 0.3) is 0 Å². The zero-order chi connectivity index (χ0) is 10.8. The van der Waals surface area contributed by atoms with Gasteiger partial charge in [0.05, 0.1) is 12.5 Å². The lowest BCUT2D eigenvalue weighted by Gasteiger charge is -2.12. The summed E-state index contributed by atoms with van der Waals surface area (Å²) in [5, 5.41) is 10.7. The minimum absolute atomic E-state index is 0.662. The average Bonchev–Trinajstić information content (AvgIpc) is 2.74. The van der Waals surface area contributed by atoms with E-state index in [4.69, 9.17) is 16.0 Å². The van der Waals surface area contributed by atoms with Gasteiger partial charge in [0.15, 0.2) is 0 Å². The highest BCUT2D eigenvalue weighted by atomic mass is 35.5. The summed E-state index contributed by atoms with van der Waals surface area (Å²) in [6.07, 6.45) is 2.39. The molecule has 2 aromatic rings. The molecule has 0 saturated carbocycles. The highest BCUT2D eigenvalue weighted by Gasteiger charge is 2.14. The van der Waals surface area contributed by atoms with Gasteiger partial charge in [-0.1, -0.05) is 23.7 Å². The molecule has 0 fully saturated rings. The Morgan fingerprint density at radius 1 is 1.33 bits per heavy atom. The van der Waals surface area contributed by atoms with Crippen LogP contribution in [0.2, 0.25) is 5.02 Å². The first-order valence-electron chi connectivity index (χ1n) is 4.65. The predicted octanol–water partition coefficient (Wildman–Crippen LogP) is 3.32. The van der Waals surface area contributed by atoms with E-state index in [1.54, 1.807) is 12.3 Å². The maximum atomic E-state index is 10.1. The minimum Gasteiger partial charge on any atom is -0.472 e. The third-order valence-corrected chi connectivity index (χ3v) is 2.87. The Labute approximate surface area is 93.1 Å². The van der Waals surface area contributed by atoms with Crippen molar-refractivity contribution in [2.24, 2.45) is 0 Å². The quantitative estimate of drug-likeness (QED) is 0.846. The molecule has 1 N–H and O–H groups in total. The Morgan fingerprint density at radius 3 is 2.80 bits per heavy atom. The molecule has 0 bridgehead atoms. The third kappa shape index (κ3) is 1.91. The Hall–Kier alpha value is -1.25. The van der Waals surface area contributed by atoms with Crippen molar-refractivity contribution in [2.45, 2.75) is 13.0 Å². The standard InChI is InChI=1S/C12H11ClO2/c1-8-10(3-2-4-11(8)13)12(14)9-5-6-15-7-9/h2-7,12,14H,1H3. The van der Waals surface area contributed by atoms with Gasteiger partial charge in [-0.05, 0) is 30.2 Å². The van der Waals surface area contributed by atoms with E-state index >= 15 is 0 Å². The fourth-order valence-corrected chi connectivity index (χ4v) is 1.71. The number of benzene rings is 1. The number of aliphatic hydroxyl groups is 1. The first-order chi connectivity index (χ1) is 7.20. The number of aliphatic hydroxyl groups excluding tert-OH is 1. The highest BCUT2D eigenvalue weighted by Crippen LogP contribution is 2.28. The molecule has 1 aromatic heterocycles. The zero-order valence-corrected chi connectivity index (χ0v) is 9.03. The highest BCUT2D eigenvalue weighted by molar-refractivity contribution is 6.31. The number of furan rings is 1. The molecule has 3 heteroatoms. The van der Waals surface area contributed by atoms with E-state index in [2.05, 4.69) is 0 Å². The summed E-state index contributed by atoms with van der Waals surface area (Å²) in [4.78, 5) is 0. The molecule has 2 nitrogen and oxygen atoms in total. The van der Waals surface area contributed by atoms with Crippen LogP contribution >= 0.6 is 11.6 Å². The second kappa shape index (κ2) is 4.09. The van der Waals surface area contributed by atoms with Crippen LogP contribution in [0.1, 0.15) is 22.8 Å². The summed E-state index contributed by atoms with van der Waals surface area (Å²) in [6.45, 7) is 1.89. The normalized spacial score (nSPS) is 12.7. The van der Waals surface area contributed by atoms with Crippen molar-refractivity contribution in [2.75, 3.05) is 0 Å². The number of hydrogen-bond donors (Lipinski definition) is 1. The Balaban J connectivity index is 2.42. The summed E-state index contributed by atoms with van der Waals surface area (Å²) in [5.74, 6) is 0. The molecule has 0 amide bonds. The van der Waals surface area contributed by atoms with Crippen LogP contribution in [-0.4, -0.2) is 5.11 Å². The number of rotatable bonds is 2. The summed E-state index contributed by atoms with van der Waals surface area (Å²) in [5.41, 5.74) is 2.44. The van der Waals surface area contributed by atoms with Gasteiger partial charge in [-0.2, -0.15) is 0 Å². The Morgan fingerprint density at radius 2 is 2.13 bits per heavy atom. The molecule has 0 aliphatic carbocycles. The SMILES string of the molecule is Cc1c(Cl)cccc1C(O)c1ccoc1. The van der Waals surface area contributed by atoms with E-state index in [1.807, 2.05) is 25.1 Å². The zero-order valence-electron chi connectivity index (χ0n) is 8.27. The van der Waals surface area contributed by atoms with Crippen molar-refractivity contribution >= 4 is 11.6 Å². The van der Waals surface area contributed by atoms with Crippen molar-refractivity contribution < 1.29 is 9.52 Å². The van der Waals surface area contributed by atoms with Crippen LogP contribution in [0.25, 0.3) is 0 Å². The molecule has 1 unspecified atom stereocenters. The largest absolute Gasteiger partial charge is 0.472 e. The summed E-state index contributed by atoms with van der Waals surface area (Å²) < 4.78 is 4.93. The monoisotopic (exact) mass is 222 g/mol. The lowest BCUT2D eigenvalue weighted by Crippen LogP contribution is -2.00. The van der Waals surface area contributed by atoms with Crippen molar-refractivity contribution in [3.63, 3.8) is 0 Å². The van der Waals surface area contributed by atoms with Crippen molar-refractivity contribution in [1.82, 2.24) is 0 Å². The number of halogens is 1. The summed E-state index contributed by atoms with van der Waals surface area (Å²) in [7, 11) is 0. The molecule has 15 heavy (non-hydrogen) atoms. The van der Waals surface area contributed by atoms with Crippen molar-refractivity contribution in [3.05, 3.63) is 58.5 Å². The molecule has 0 aliphatic heterocycles. The fraction of sp³-hybridized carbons (Fsp3) is 0.167. The molecule has 2 rings (SSSR count). The van der Waals surface area contributed by atoms with Crippen LogP contribution in [-0.2, 0) is 0 Å². The molecule has 0 aliphatic rings. The molecule has 0 spiro atoms. The van der Waals surface area contributed by atoms with Gasteiger partial charge in [0.1, 0.15) is 6.10 Å². The van der Waals surface area contributed by atoms with E-state index in [9.17, 15) is 5.11 Å². The first-order valence-corrected chi connectivity index (χ1v) is 5.03. The van der Waals surface area contributed by atoms with E-state index in [-0.39, 0.29) is 0 Å². The lowest BCUT2D eigenvalue weighted by atomic mass is 9.99. The molecule has 1 heterocycles. The van der Waals surface area contributed by atoms with Crippen LogP contribution in [0.4, 0.5) is 0 Å². The summed E-state index contributed by atoms with van der Waals surface area (Å²) >= 11 is 5.98. The van der Waals surface area contributed by atoms with Crippen LogP contribution in [0, 0.1) is 6.92 Å². The third-order valence-electron chi connectivity index (χ3n) is 2.46. The minimum atomic E-state index is -0.678. The molecular formula is C12H11ClO2. The predicted molar refractivity (Wildman–Crippen MR) is 59.0 cm³/mol. The fourth-order valence-electron chi connectivity index (χ4n) is 1.53. The topological polar surface area (TPSA) is 33.4 Å². The Bertz CT molecular complexity index is 449. The average molecular weight is 223 g/mol. The number of hydrogen-bond acceptors (Lipinski definition) is 2. The molecule has 0 saturated heterocycles. The lowest BCUT2D eigenvalue weighted by molar-refractivity contribution is 0.218.